The van der Waals surface area contributed by atoms with Gasteiger partial charge >= 0.3 is 0 Å². The molecule has 0 unspecified atom stereocenters. The van der Waals surface area contributed by atoms with Crippen molar-refractivity contribution in [3.8, 4) is 10.4 Å². The molecule has 0 aliphatic carbocycles. The number of rotatable bonds is 6. The second-order valence-corrected chi connectivity index (χ2v) is 6.18. The maximum atomic E-state index is 6.20. The summed E-state index contributed by atoms with van der Waals surface area (Å²) in [7, 11) is 0. The van der Waals surface area contributed by atoms with Crippen molar-refractivity contribution in [1.29, 1.82) is 0 Å². The van der Waals surface area contributed by atoms with E-state index in [1.807, 2.05) is 30.6 Å². The molecule has 3 nitrogen and oxygen atoms in total. The van der Waals surface area contributed by atoms with Crippen molar-refractivity contribution in [1.82, 2.24) is 4.98 Å². The summed E-state index contributed by atoms with van der Waals surface area (Å²) in [5.41, 5.74) is 9.80. The van der Waals surface area contributed by atoms with Crippen molar-refractivity contribution in [2.24, 2.45) is 5.73 Å². The average Bonchev–Trinajstić information content (AvgIpc) is 3.04. The first-order valence-corrected chi connectivity index (χ1v) is 8.21. The van der Waals surface area contributed by atoms with Crippen LogP contribution in [0.3, 0.4) is 0 Å². The monoisotopic (exact) mass is 309 g/mol. The Hall–Kier alpha value is -2.17. The van der Waals surface area contributed by atoms with Crippen LogP contribution in [0.5, 0.6) is 0 Å². The van der Waals surface area contributed by atoms with Gasteiger partial charge in [-0.25, -0.2) is 0 Å². The van der Waals surface area contributed by atoms with Crippen LogP contribution in [0.1, 0.15) is 5.56 Å². The van der Waals surface area contributed by atoms with Crippen LogP contribution in [0.25, 0.3) is 10.4 Å². The van der Waals surface area contributed by atoms with Crippen molar-refractivity contribution >= 4 is 17.0 Å². The van der Waals surface area contributed by atoms with Crippen LogP contribution in [-0.2, 0) is 6.42 Å². The molecule has 0 radical (unpaired) electrons. The Morgan fingerprint density at radius 3 is 2.64 bits per heavy atom. The molecule has 22 heavy (non-hydrogen) atoms. The van der Waals surface area contributed by atoms with Gasteiger partial charge < -0.3 is 11.1 Å². The highest BCUT2D eigenvalue weighted by Gasteiger charge is 2.06. The van der Waals surface area contributed by atoms with Crippen LogP contribution in [0, 0.1) is 0 Å². The van der Waals surface area contributed by atoms with E-state index in [4.69, 9.17) is 5.73 Å². The Labute approximate surface area is 134 Å². The molecule has 1 atom stereocenters. The SMILES string of the molecule is N[C@@H](CNc1csc(-c2ccncc2)c1)Cc1ccccc1. The fraction of sp³-hybridized carbons (Fsp3) is 0.167. The molecule has 2 heterocycles. The lowest BCUT2D eigenvalue weighted by molar-refractivity contribution is 0.699. The number of nitrogens with two attached hydrogens (primary N) is 1. The largest absolute Gasteiger partial charge is 0.383 e. The van der Waals surface area contributed by atoms with Gasteiger partial charge in [0.2, 0.25) is 0 Å². The summed E-state index contributed by atoms with van der Waals surface area (Å²) in [4.78, 5) is 5.29. The average molecular weight is 309 g/mol. The number of nitrogens with one attached hydrogen (secondary N) is 1. The summed E-state index contributed by atoms with van der Waals surface area (Å²) >= 11 is 1.73. The molecule has 0 saturated carbocycles. The van der Waals surface area contributed by atoms with Gasteiger partial charge in [0.05, 0.1) is 0 Å². The first-order valence-electron chi connectivity index (χ1n) is 7.33. The molecule has 2 aromatic heterocycles. The van der Waals surface area contributed by atoms with Crippen molar-refractivity contribution in [2.75, 3.05) is 11.9 Å². The first-order chi connectivity index (χ1) is 10.8. The quantitative estimate of drug-likeness (QED) is 0.728. The van der Waals surface area contributed by atoms with Crippen LogP contribution in [0.4, 0.5) is 5.69 Å². The summed E-state index contributed by atoms with van der Waals surface area (Å²) in [6.45, 7) is 0.765. The fourth-order valence-corrected chi connectivity index (χ4v) is 3.21. The number of aromatic nitrogens is 1. The second-order valence-electron chi connectivity index (χ2n) is 5.27. The highest BCUT2D eigenvalue weighted by Crippen LogP contribution is 2.29. The lowest BCUT2D eigenvalue weighted by Gasteiger charge is -2.12. The van der Waals surface area contributed by atoms with Gasteiger partial charge in [0.15, 0.2) is 0 Å². The van der Waals surface area contributed by atoms with E-state index in [1.54, 1.807) is 11.3 Å². The topological polar surface area (TPSA) is 50.9 Å². The number of hydrogen-bond acceptors (Lipinski definition) is 4. The zero-order chi connectivity index (χ0) is 15.2. The Morgan fingerprint density at radius 1 is 1.09 bits per heavy atom. The van der Waals surface area contributed by atoms with Crippen LogP contribution in [-0.4, -0.2) is 17.6 Å². The van der Waals surface area contributed by atoms with Crippen molar-refractivity contribution < 1.29 is 0 Å². The van der Waals surface area contributed by atoms with E-state index >= 15 is 0 Å². The Balaban J connectivity index is 1.55. The zero-order valence-electron chi connectivity index (χ0n) is 12.3. The molecular formula is C18H19N3S. The van der Waals surface area contributed by atoms with E-state index in [0.29, 0.717) is 0 Å². The molecule has 3 N–H and O–H groups in total. The number of benzene rings is 1. The van der Waals surface area contributed by atoms with Crippen molar-refractivity contribution in [3.63, 3.8) is 0 Å². The highest BCUT2D eigenvalue weighted by molar-refractivity contribution is 7.14. The minimum Gasteiger partial charge on any atom is -0.383 e. The van der Waals surface area contributed by atoms with Crippen LogP contribution in [0.15, 0.2) is 66.3 Å². The third-order valence-corrected chi connectivity index (χ3v) is 4.45. The summed E-state index contributed by atoms with van der Waals surface area (Å²) in [5.74, 6) is 0. The summed E-state index contributed by atoms with van der Waals surface area (Å²) in [5, 5.41) is 5.55. The molecule has 0 aliphatic rings. The Kier molecular flexibility index (Phi) is 4.83. The smallest absolute Gasteiger partial charge is 0.0455 e. The third kappa shape index (κ3) is 3.93. The van der Waals surface area contributed by atoms with E-state index in [9.17, 15) is 0 Å². The number of pyridine rings is 1. The number of nitrogens with zero attached hydrogens (tertiary/aromatic N) is 1. The zero-order valence-corrected chi connectivity index (χ0v) is 13.1. The predicted molar refractivity (Wildman–Crippen MR) is 94.2 cm³/mol. The lowest BCUT2D eigenvalue weighted by Crippen LogP contribution is -2.31. The van der Waals surface area contributed by atoms with Crippen LogP contribution in [0.2, 0.25) is 0 Å². The molecule has 3 rings (SSSR count). The summed E-state index contributed by atoms with van der Waals surface area (Å²) in [6.07, 6.45) is 4.52. The Bertz CT molecular complexity index is 695. The molecule has 0 spiro atoms. The molecule has 0 fully saturated rings. The van der Waals surface area contributed by atoms with E-state index in [0.717, 1.165) is 18.7 Å². The maximum absolute atomic E-state index is 6.20. The van der Waals surface area contributed by atoms with Gasteiger partial charge in [0.25, 0.3) is 0 Å². The molecule has 0 bridgehead atoms. The van der Waals surface area contributed by atoms with Crippen LogP contribution < -0.4 is 11.1 Å². The van der Waals surface area contributed by atoms with Crippen molar-refractivity contribution in [3.05, 3.63) is 71.9 Å². The lowest BCUT2D eigenvalue weighted by atomic mass is 10.1. The van der Waals surface area contributed by atoms with Gasteiger partial charge in [0, 0.05) is 40.9 Å². The maximum Gasteiger partial charge on any atom is 0.0455 e. The molecule has 4 heteroatoms. The van der Waals surface area contributed by atoms with Gasteiger partial charge in [-0.2, -0.15) is 0 Å². The molecule has 112 valence electrons. The fourth-order valence-electron chi connectivity index (χ4n) is 2.33. The van der Waals surface area contributed by atoms with Gasteiger partial charge in [-0.3, -0.25) is 4.98 Å². The number of anilines is 1. The molecular weight excluding hydrogens is 290 g/mol. The molecule has 0 aliphatic heterocycles. The van der Waals surface area contributed by atoms with Gasteiger partial charge in [-0.15, -0.1) is 11.3 Å². The standard InChI is InChI=1S/C18H19N3S/c19-16(10-14-4-2-1-3-5-14)12-21-17-11-18(22-13-17)15-6-8-20-9-7-15/h1-9,11,13,16,21H,10,12,19H2/t16-/m1/s1. The van der Waals surface area contributed by atoms with Gasteiger partial charge in [-0.1, -0.05) is 30.3 Å². The van der Waals surface area contributed by atoms with E-state index in [2.05, 4.69) is 46.0 Å². The minimum atomic E-state index is 0.103. The first kappa shape index (κ1) is 14.8. The van der Waals surface area contributed by atoms with Gasteiger partial charge in [0.1, 0.15) is 0 Å². The minimum absolute atomic E-state index is 0.103. The normalized spacial score (nSPS) is 12.0. The molecule has 0 amide bonds. The molecule has 0 saturated heterocycles. The Morgan fingerprint density at radius 2 is 1.86 bits per heavy atom. The highest BCUT2D eigenvalue weighted by atomic mass is 32.1. The predicted octanol–water partition coefficient (Wildman–Crippen LogP) is 3.79. The van der Waals surface area contributed by atoms with Gasteiger partial charge in [-0.05, 0) is 35.7 Å². The van der Waals surface area contributed by atoms with E-state index < -0.39 is 0 Å². The van der Waals surface area contributed by atoms with E-state index in [-0.39, 0.29) is 6.04 Å². The van der Waals surface area contributed by atoms with E-state index in [1.165, 1.54) is 16.0 Å². The number of hydrogen-bond donors (Lipinski definition) is 2. The summed E-state index contributed by atoms with van der Waals surface area (Å²) < 4.78 is 0. The number of thiophene rings is 1. The molecule has 1 aromatic carbocycles. The second kappa shape index (κ2) is 7.20. The summed E-state index contributed by atoms with van der Waals surface area (Å²) in [6, 6.07) is 16.7. The van der Waals surface area contributed by atoms with Crippen LogP contribution >= 0.6 is 11.3 Å². The molecule has 3 aromatic rings. The van der Waals surface area contributed by atoms with Crippen molar-refractivity contribution in [2.45, 2.75) is 12.5 Å². The third-order valence-electron chi connectivity index (χ3n) is 3.47.